The summed E-state index contributed by atoms with van der Waals surface area (Å²) < 4.78 is 13.3. The van der Waals surface area contributed by atoms with Crippen LogP contribution in [0.1, 0.15) is 33.3 Å². The van der Waals surface area contributed by atoms with Crippen LogP contribution in [0.15, 0.2) is 18.2 Å². The molecular formula is C14H21FN2O. The number of aryl methyl sites for hydroxylation is 1. The topological polar surface area (TPSA) is 41.1 Å². The third-order valence-electron chi connectivity index (χ3n) is 3.08. The van der Waals surface area contributed by atoms with Gasteiger partial charge < -0.3 is 10.6 Å². The molecule has 0 spiro atoms. The van der Waals surface area contributed by atoms with Crippen molar-refractivity contribution in [1.82, 2.24) is 5.32 Å². The molecule has 0 aliphatic rings. The number of benzene rings is 1. The number of hydrogen-bond donors (Lipinski definition) is 2. The molecule has 3 nitrogen and oxygen atoms in total. The number of urea groups is 1. The first-order chi connectivity index (χ1) is 8.20. The molecule has 1 aromatic carbocycles. The van der Waals surface area contributed by atoms with Crippen LogP contribution in [0.3, 0.4) is 0 Å². The van der Waals surface area contributed by atoms with Crippen LogP contribution in [0.5, 0.6) is 0 Å². The van der Waals surface area contributed by atoms with Gasteiger partial charge in [0.1, 0.15) is 5.82 Å². The smallest absolute Gasteiger partial charge is 0.319 e. The number of carbonyl (C=O) groups is 1. The van der Waals surface area contributed by atoms with Crippen molar-refractivity contribution in [2.24, 2.45) is 5.41 Å². The van der Waals surface area contributed by atoms with E-state index in [0.717, 1.165) is 0 Å². The van der Waals surface area contributed by atoms with Crippen LogP contribution in [0.4, 0.5) is 14.9 Å². The van der Waals surface area contributed by atoms with Crippen molar-refractivity contribution in [3.05, 3.63) is 29.6 Å². The van der Waals surface area contributed by atoms with Crippen molar-refractivity contribution in [2.75, 3.05) is 5.32 Å². The lowest BCUT2D eigenvalue weighted by Crippen LogP contribution is -2.43. The summed E-state index contributed by atoms with van der Waals surface area (Å²) in [4.78, 5) is 11.7. The Hall–Kier alpha value is -1.58. The summed E-state index contributed by atoms with van der Waals surface area (Å²) in [6.07, 6.45) is 0. The quantitative estimate of drug-likeness (QED) is 0.828. The van der Waals surface area contributed by atoms with Gasteiger partial charge in [0.25, 0.3) is 0 Å². The van der Waals surface area contributed by atoms with E-state index in [9.17, 15) is 9.18 Å². The zero-order valence-electron chi connectivity index (χ0n) is 11.6. The molecule has 1 aromatic rings. The number of nitrogens with one attached hydrogen (secondary N) is 2. The molecular weight excluding hydrogens is 231 g/mol. The van der Waals surface area contributed by atoms with Gasteiger partial charge in [-0.15, -0.1) is 0 Å². The maximum absolute atomic E-state index is 13.3. The fourth-order valence-electron chi connectivity index (χ4n) is 1.25. The van der Waals surface area contributed by atoms with Gasteiger partial charge in [0.05, 0.1) is 0 Å². The molecule has 0 aromatic heterocycles. The fourth-order valence-corrected chi connectivity index (χ4v) is 1.25. The van der Waals surface area contributed by atoms with Crippen molar-refractivity contribution in [3.8, 4) is 0 Å². The first-order valence-corrected chi connectivity index (χ1v) is 6.04. The largest absolute Gasteiger partial charge is 0.335 e. The summed E-state index contributed by atoms with van der Waals surface area (Å²) >= 11 is 0. The molecule has 0 saturated heterocycles. The minimum Gasteiger partial charge on any atom is -0.335 e. The highest BCUT2D eigenvalue weighted by molar-refractivity contribution is 5.89. The summed E-state index contributed by atoms with van der Waals surface area (Å²) in [5, 5.41) is 5.45. The average Bonchev–Trinajstić information content (AvgIpc) is 2.22. The lowest BCUT2D eigenvalue weighted by Gasteiger charge is -2.28. The van der Waals surface area contributed by atoms with Gasteiger partial charge in [-0.25, -0.2) is 9.18 Å². The van der Waals surface area contributed by atoms with Crippen molar-refractivity contribution >= 4 is 11.7 Å². The monoisotopic (exact) mass is 252 g/mol. The van der Waals surface area contributed by atoms with Gasteiger partial charge in [-0.05, 0) is 37.0 Å². The number of rotatable bonds is 2. The van der Waals surface area contributed by atoms with Crippen molar-refractivity contribution in [2.45, 2.75) is 40.7 Å². The fraction of sp³-hybridized carbons (Fsp3) is 0.500. The molecule has 4 heteroatoms. The second-order valence-corrected chi connectivity index (χ2v) is 5.65. The Morgan fingerprint density at radius 2 is 1.94 bits per heavy atom. The molecule has 0 aliphatic heterocycles. The van der Waals surface area contributed by atoms with E-state index in [0.29, 0.717) is 11.3 Å². The molecule has 1 rings (SSSR count). The van der Waals surface area contributed by atoms with Crippen LogP contribution in [0, 0.1) is 18.2 Å². The Morgan fingerprint density at radius 3 is 2.44 bits per heavy atom. The molecule has 0 saturated carbocycles. The van der Waals surface area contributed by atoms with Crippen molar-refractivity contribution < 1.29 is 9.18 Å². The molecule has 0 heterocycles. The van der Waals surface area contributed by atoms with Gasteiger partial charge in [0.15, 0.2) is 0 Å². The number of anilines is 1. The predicted molar refractivity (Wildman–Crippen MR) is 72.2 cm³/mol. The summed E-state index contributed by atoms with van der Waals surface area (Å²) in [5.74, 6) is -0.323. The van der Waals surface area contributed by atoms with E-state index in [-0.39, 0.29) is 23.3 Å². The molecule has 0 radical (unpaired) electrons. The van der Waals surface area contributed by atoms with E-state index in [2.05, 4.69) is 10.6 Å². The minimum atomic E-state index is -0.323. The normalized spacial score (nSPS) is 13.0. The minimum absolute atomic E-state index is 0.0180. The molecule has 2 N–H and O–H groups in total. The van der Waals surface area contributed by atoms with Crippen LogP contribution in [-0.2, 0) is 0 Å². The van der Waals surface area contributed by atoms with Crippen LogP contribution in [0.2, 0.25) is 0 Å². The van der Waals surface area contributed by atoms with E-state index in [1.807, 2.05) is 27.7 Å². The van der Waals surface area contributed by atoms with Crippen LogP contribution in [-0.4, -0.2) is 12.1 Å². The van der Waals surface area contributed by atoms with E-state index < -0.39 is 0 Å². The first kappa shape index (κ1) is 14.5. The Labute approximate surface area is 108 Å². The summed E-state index contributed by atoms with van der Waals surface area (Å²) in [7, 11) is 0. The number of halogens is 1. The van der Waals surface area contributed by atoms with Crippen molar-refractivity contribution in [1.29, 1.82) is 0 Å². The van der Waals surface area contributed by atoms with Gasteiger partial charge in [-0.3, -0.25) is 0 Å². The molecule has 0 fully saturated rings. The Kier molecular flexibility index (Phi) is 4.33. The highest BCUT2D eigenvalue weighted by atomic mass is 19.1. The number of hydrogen-bond acceptors (Lipinski definition) is 1. The zero-order chi connectivity index (χ0) is 13.9. The van der Waals surface area contributed by atoms with Crippen LogP contribution in [0.25, 0.3) is 0 Å². The zero-order valence-corrected chi connectivity index (χ0v) is 11.6. The maximum atomic E-state index is 13.3. The maximum Gasteiger partial charge on any atom is 0.319 e. The van der Waals surface area contributed by atoms with E-state index >= 15 is 0 Å². The molecule has 100 valence electrons. The van der Waals surface area contributed by atoms with Gasteiger partial charge >= 0.3 is 6.03 Å². The van der Waals surface area contributed by atoms with Gasteiger partial charge in [-0.2, -0.15) is 0 Å². The Morgan fingerprint density at radius 1 is 1.33 bits per heavy atom. The highest BCUT2D eigenvalue weighted by Gasteiger charge is 2.21. The lowest BCUT2D eigenvalue weighted by molar-refractivity contribution is 0.233. The average molecular weight is 252 g/mol. The number of amides is 2. The molecule has 1 unspecified atom stereocenters. The highest BCUT2D eigenvalue weighted by Crippen LogP contribution is 2.19. The summed E-state index contributed by atoms with van der Waals surface area (Å²) in [6, 6.07) is 4.34. The van der Waals surface area contributed by atoms with Gasteiger partial charge in [0, 0.05) is 11.7 Å². The predicted octanol–water partition coefficient (Wildman–Crippen LogP) is 3.69. The summed E-state index contributed by atoms with van der Waals surface area (Å²) in [6.45, 7) is 9.76. The third-order valence-corrected chi connectivity index (χ3v) is 3.08. The first-order valence-electron chi connectivity index (χ1n) is 6.04. The lowest BCUT2D eigenvalue weighted by atomic mass is 9.88. The van der Waals surface area contributed by atoms with Crippen LogP contribution < -0.4 is 10.6 Å². The van der Waals surface area contributed by atoms with E-state index in [4.69, 9.17) is 0 Å². The van der Waals surface area contributed by atoms with Crippen LogP contribution >= 0.6 is 0 Å². The molecule has 1 atom stereocenters. The Balaban J connectivity index is 2.62. The molecule has 18 heavy (non-hydrogen) atoms. The second-order valence-electron chi connectivity index (χ2n) is 5.65. The number of carbonyl (C=O) groups excluding carboxylic acids is 1. The molecule has 0 bridgehead atoms. The third kappa shape index (κ3) is 4.02. The molecule has 2 amide bonds. The standard InChI is InChI=1S/C14H21FN2O/c1-9-6-7-11(8-12(9)15)17-13(18)16-10(2)14(3,4)5/h6-8,10H,1-5H3,(H2,16,17,18). The van der Waals surface area contributed by atoms with Gasteiger partial charge in [0.2, 0.25) is 0 Å². The summed E-state index contributed by atoms with van der Waals surface area (Å²) in [5.41, 5.74) is 0.997. The van der Waals surface area contributed by atoms with Crippen molar-refractivity contribution in [3.63, 3.8) is 0 Å². The molecule has 0 aliphatic carbocycles. The SMILES string of the molecule is Cc1ccc(NC(=O)NC(C)C(C)(C)C)cc1F. The van der Waals surface area contributed by atoms with Gasteiger partial charge in [-0.1, -0.05) is 26.8 Å². The second kappa shape index (κ2) is 5.38. The van der Waals surface area contributed by atoms with E-state index in [1.165, 1.54) is 6.07 Å². The Bertz CT molecular complexity index is 438. The van der Waals surface area contributed by atoms with E-state index in [1.54, 1.807) is 19.1 Å².